The lowest BCUT2D eigenvalue weighted by Crippen LogP contribution is -2.29. The zero-order valence-corrected chi connectivity index (χ0v) is 29.3. The normalized spacial score (nSPS) is 21.5. The zero-order chi connectivity index (χ0) is 22.7. The van der Waals surface area contributed by atoms with Gasteiger partial charge in [0.1, 0.15) is 0 Å². The van der Waals surface area contributed by atoms with E-state index in [2.05, 4.69) is 96.8 Å². The van der Waals surface area contributed by atoms with Crippen LogP contribution in [0.25, 0.3) is 0 Å². The van der Waals surface area contributed by atoms with Gasteiger partial charge in [-0.15, -0.1) is 0 Å². The van der Waals surface area contributed by atoms with Gasteiger partial charge in [-0.05, 0) is 28.5 Å². The van der Waals surface area contributed by atoms with Crippen molar-refractivity contribution in [2.45, 2.75) is 84.2 Å². The van der Waals surface area contributed by atoms with Crippen LogP contribution in [0.2, 0.25) is 78.6 Å². The summed E-state index contributed by atoms with van der Waals surface area (Å²) in [5.41, 5.74) is 0.850. The third-order valence-electron chi connectivity index (χ3n) is 4.40. The maximum Gasteiger partial charge on any atom is 0.0492 e. The Labute approximate surface area is 194 Å². The Bertz CT molecular complexity index is 577. The summed E-state index contributed by atoms with van der Waals surface area (Å²) in [5, 5.41) is 1.95. The minimum atomic E-state index is -1.04. The first kappa shape index (κ1) is 29.1. The van der Waals surface area contributed by atoms with Gasteiger partial charge in [-0.2, -0.15) is 0 Å². The van der Waals surface area contributed by atoms with Crippen LogP contribution in [-0.4, -0.2) is 61.1 Å². The fourth-order valence-electron chi connectivity index (χ4n) is 3.12. The molecule has 0 nitrogen and oxygen atoms in total. The van der Waals surface area contributed by atoms with Crippen molar-refractivity contribution in [2.24, 2.45) is 0 Å². The maximum absolute atomic E-state index is 2.66. The second-order valence-electron chi connectivity index (χ2n) is 13.5. The van der Waals surface area contributed by atoms with E-state index in [1.165, 1.54) is 16.5 Å². The summed E-state index contributed by atoms with van der Waals surface area (Å²) < 4.78 is 0. The Morgan fingerprint density at radius 1 is 0.690 bits per heavy atom. The van der Waals surface area contributed by atoms with Crippen molar-refractivity contribution in [2.75, 3.05) is 23.1 Å². The van der Waals surface area contributed by atoms with Crippen molar-refractivity contribution in [3.8, 4) is 0 Å². The van der Waals surface area contributed by atoms with E-state index < -0.39 is 32.3 Å². The second-order valence-corrected chi connectivity index (χ2v) is 48.1. The average Bonchev–Trinajstić information content (AvgIpc) is 2.93. The first-order valence-electron chi connectivity index (χ1n) is 11.3. The summed E-state index contributed by atoms with van der Waals surface area (Å²) in [6.07, 6.45) is 7.75. The number of hydrogen-bond acceptors (Lipinski definition) is 0. The van der Waals surface area contributed by atoms with Gasteiger partial charge in [-0.3, -0.25) is 0 Å². The molecule has 0 aromatic rings. The molecule has 29 heavy (non-hydrogen) atoms. The highest BCUT2D eigenvalue weighted by molar-refractivity contribution is 8.26. The summed E-state index contributed by atoms with van der Waals surface area (Å²) >= 11 is 0. The second kappa shape index (κ2) is 11.5. The van der Waals surface area contributed by atoms with Crippen molar-refractivity contribution in [1.29, 1.82) is 0 Å². The molecule has 0 radical (unpaired) electrons. The van der Waals surface area contributed by atoms with E-state index >= 15 is 0 Å². The van der Waals surface area contributed by atoms with Crippen LogP contribution in [0.5, 0.6) is 0 Å². The molecule has 5 unspecified atom stereocenters. The van der Waals surface area contributed by atoms with Crippen LogP contribution < -0.4 is 0 Å². The molecule has 1 aliphatic rings. The van der Waals surface area contributed by atoms with Crippen LogP contribution in [0.15, 0.2) is 23.5 Å². The first-order valence-corrected chi connectivity index (χ1v) is 33.3. The number of rotatable bonds is 12. The Kier molecular flexibility index (Phi) is 11.5. The Morgan fingerprint density at radius 3 is 1.62 bits per heavy atom. The lowest BCUT2D eigenvalue weighted by molar-refractivity contribution is 1.40. The fraction of sp³-hybridized carbons (Fsp3) is 0.810. The quantitative estimate of drug-likeness (QED) is 0.171. The molecule has 8 heteroatoms. The molecule has 0 aromatic carbocycles. The molecule has 1 aliphatic carbocycles. The Morgan fingerprint density at radius 2 is 1.17 bits per heavy atom. The number of hydrogen-bond donors (Lipinski definition) is 0. The molecule has 0 fully saturated rings. The average molecular weight is 539 g/mol. The van der Waals surface area contributed by atoms with Crippen LogP contribution in [0.1, 0.15) is 0 Å². The van der Waals surface area contributed by atoms with Gasteiger partial charge in [-0.25, -0.2) is 0 Å². The predicted octanol–water partition coefficient (Wildman–Crippen LogP) is 9.47. The minimum absolute atomic E-state index is 0.104. The maximum atomic E-state index is 2.66. The minimum Gasteiger partial charge on any atom is -0.0981 e. The molecule has 0 aromatic heterocycles. The first-order chi connectivity index (χ1) is 12.9. The SMILES string of the molecule is C[Si](C)(C)CPP(C[Si](C)(C)C)C1=CC=CC1P(C[Si](C)(C)C)PC[Si](C)(C)C. The van der Waals surface area contributed by atoms with Crippen molar-refractivity contribution in [3.63, 3.8) is 0 Å². The Hall–Kier alpha value is 2.07. The molecule has 170 valence electrons. The van der Waals surface area contributed by atoms with Gasteiger partial charge in [0.2, 0.25) is 0 Å². The van der Waals surface area contributed by atoms with Gasteiger partial charge in [0.25, 0.3) is 0 Å². The highest BCUT2D eigenvalue weighted by Crippen LogP contribution is 2.72. The molecule has 0 bridgehead atoms. The molecule has 0 heterocycles. The smallest absolute Gasteiger partial charge is 0.0492 e. The fourth-order valence-corrected chi connectivity index (χ4v) is 47.1. The summed E-state index contributed by atoms with van der Waals surface area (Å²) in [4.78, 5) is 0. The Balaban J connectivity index is 3.10. The van der Waals surface area contributed by atoms with E-state index in [-0.39, 0.29) is 15.2 Å². The van der Waals surface area contributed by atoms with Gasteiger partial charge < -0.3 is 0 Å². The largest absolute Gasteiger partial charge is 0.0981 e. The van der Waals surface area contributed by atoms with E-state index in [1.807, 2.05) is 5.31 Å². The van der Waals surface area contributed by atoms with Gasteiger partial charge >= 0.3 is 0 Å². The lowest BCUT2D eigenvalue weighted by Gasteiger charge is -2.37. The van der Waals surface area contributed by atoms with Crippen LogP contribution in [-0.2, 0) is 0 Å². The highest BCUT2D eigenvalue weighted by atomic mass is 32.1. The van der Waals surface area contributed by atoms with Crippen molar-refractivity contribution in [1.82, 2.24) is 0 Å². The van der Waals surface area contributed by atoms with Crippen LogP contribution >= 0.6 is 31.8 Å². The third-order valence-corrected chi connectivity index (χ3v) is 37.2. The predicted molar refractivity (Wildman–Crippen MR) is 164 cm³/mol. The molecular weight excluding hydrogens is 488 g/mol. The molecule has 0 saturated heterocycles. The van der Waals surface area contributed by atoms with E-state index in [0.717, 1.165) is 5.66 Å². The van der Waals surface area contributed by atoms with Gasteiger partial charge in [0.05, 0.1) is 0 Å². The third kappa shape index (κ3) is 13.4. The van der Waals surface area contributed by atoms with Crippen LogP contribution in [0, 0.1) is 0 Å². The van der Waals surface area contributed by atoms with E-state index in [1.54, 1.807) is 23.1 Å². The molecule has 0 N–H and O–H groups in total. The summed E-state index contributed by atoms with van der Waals surface area (Å²) in [6, 6.07) is 0. The molecule has 0 aliphatic heterocycles. The zero-order valence-electron chi connectivity index (χ0n) is 21.5. The molecule has 1 rings (SSSR count). The number of allylic oxidation sites excluding steroid dienone is 4. The molecular formula is C21H50P4Si4. The van der Waals surface area contributed by atoms with Crippen LogP contribution in [0.3, 0.4) is 0 Å². The molecule has 5 atom stereocenters. The lowest BCUT2D eigenvalue weighted by atomic mass is 10.5. The molecule has 0 amide bonds. The van der Waals surface area contributed by atoms with E-state index in [4.69, 9.17) is 0 Å². The topological polar surface area (TPSA) is 0 Å². The van der Waals surface area contributed by atoms with Gasteiger partial charge in [0, 0.05) is 38.0 Å². The summed E-state index contributed by atoms with van der Waals surface area (Å²) in [5.74, 6) is 6.27. The monoisotopic (exact) mass is 538 g/mol. The standard InChI is InChI=1S/C21H50P4Si4/c1-26(2,3)16-22-24(18-28(7,8)9)20-14-13-15-21(20)25(19-29(10,11)12)23-17-27(4,5)6/h13-15,20,22-23H,16-19H2,1-12H3. The molecule has 0 saturated carbocycles. The van der Waals surface area contributed by atoms with E-state index in [9.17, 15) is 0 Å². The molecule has 0 spiro atoms. The summed E-state index contributed by atoms with van der Waals surface area (Å²) in [7, 11) is -1.25. The van der Waals surface area contributed by atoms with Crippen molar-refractivity contribution in [3.05, 3.63) is 23.5 Å². The highest BCUT2D eigenvalue weighted by Gasteiger charge is 2.35. The van der Waals surface area contributed by atoms with Gasteiger partial charge in [-0.1, -0.05) is 129 Å². The van der Waals surface area contributed by atoms with Crippen molar-refractivity contribution < 1.29 is 0 Å². The van der Waals surface area contributed by atoms with Crippen molar-refractivity contribution >= 4 is 64.1 Å². The van der Waals surface area contributed by atoms with Crippen LogP contribution in [0.4, 0.5) is 0 Å². The summed E-state index contributed by atoms with van der Waals surface area (Å²) in [6.45, 7) is 31.1. The van der Waals surface area contributed by atoms with E-state index in [0.29, 0.717) is 0 Å². The van der Waals surface area contributed by atoms with Gasteiger partial charge in [0.15, 0.2) is 0 Å².